The number of aromatic amines is 1. The fourth-order valence-electron chi connectivity index (χ4n) is 2.19. The highest BCUT2D eigenvalue weighted by Crippen LogP contribution is 2.15. The van der Waals surface area contributed by atoms with Gasteiger partial charge in [0.2, 0.25) is 5.91 Å². The summed E-state index contributed by atoms with van der Waals surface area (Å²) in [6.07, 6.45) is 2.04. The molecule has 1 atom stereocenters. The molecule has 4 N–H and O–H groups in total. The van der Waals surface area contributed by atoms with Crippen LogP contribution in [-0.2, 0) is 11.3 Å². The van der Waals surface area contributed by atoms with Crippen molar-refractivity contribution in [1.29, 1.82) is 0 Å². The van der Waals surface area contributed by atoms with E-state index in [9.17, 15) is 14.4 Å². The molecule has 1 unspecified atom stereocenters. The van der Waals surface area contributed by atoms with Crippen LogP contribution in [0.15, 0.2) is 21.9 Å². The molecule has 20 heavy (non-hydrogen) atoms. The van der Waals surface area contributed by atoms with Gasteiger partial charge >= 0.3 is 5.69 Å². The Bertz CT molecular complexity index is 575. The molecule has 7 nitrogen and oxygen atoms in total. The van der Waals surface area contributed by atoms with E-state index < -0.39 is 16.8 Å². The lowest BCUT2D eigenvalue weighted by Gasteiger charge is -2.31. The van der Waals surface area contributed by atoms with Gasteiger partial charge in [-0.2, -0.15) is 0 Å². The summed E-state index contributed by atoms with van der Waals surface area (Å²) < 4.78 is 1.14. The van der Waals surface area contributed by atoms with E-state index in [1.807, 2.05) is 20.8 Å². The van der Waals surface area contributed by atoms with Crippen molar-refractivity contribution >= 4 is 5.91 Å². The Kier molecular flexibility index (Phi) is 5.26. The second kappa shape index (κ2) is 6.51. The van der Waals surface area contributed by atoms with E-state index in [0.717, 1.165) is 11.0 Å². The molecular weight excluding hydrogens is 260 g/mol. The number of nitrogens with one attached hydrogen (secondary N) is 2. The van der Waals surface area contributed by atoms with Crippen LogP contribution in [0.5, 0.6) is 0 Å². The van der Waals surface area contributed by atoms with Crippen LogP contribution in [0.4, 0.5) is 0 Å². The van der Waals surface area contributed by atoms with Gasteiger partial charge in [-0.15, -0.1) is 0 Å². The summed E-state index contributed by atoms with van der Waals surface area (Å²) in [7, 11) is 0. The highest BCUT2D eigenvalue weighted by Gasteiger charge is 2.25. The molecule has 0 saturated carbocycles. The normalized spacial score (nSPS) is 14.1. The predicted octanol–water partition coefficient (Wildman–Crippen LogP) is -0.584. The molecule has 0 aliphatic carbocycles. The van der Waals surface area contributed by atoms with Gasteiger partial charge in [0.05, 0.1) is 0 Å². The lowest BCUT2D eigenvalue weighted by atomic mass is 9.91. The average Bonchev–Trinajstić information content (AvgIpc) is 2.31. The molecule has 1 amide bonds. The van der Waals surface area contributed by atoms with Gasteiger partial charge in [0.25, 0.3) is 5.56 Å². The molecular formula is C13H22N4O3. The number of carbonyl (C=O) groups excluding carboxylic acids is 1. The van der Waals surface area contributed by atoms with Crippen LogP contribution < -0.4 is 22.3 Å². The first-order valence-electron chi connectivity index (χ1n) is 6.56. The summed E-state index contributed by atoms with van der Waals surface area (Å²) in [5.41, 5.74) is 4.12. The van der Waals surface area contributed by atoms with Crippen LogP contribution in [0.25, 0.3) is 0 Å². The fraction of sp³-hybridized carbons (Fsp3) is 0.615. The molecule has 1 heterocycles. The zero-order valence-corrected chi connectivity index (χ0v) is 12.1. The van der Waals surface area contributed by atoms with Gasteiger partial charge in [-0.25, -0.2) is 4.79 Å². The van der Waals surface area contributed by atoms with E-state index in [2.05, 4.69) is 10.3 Å². The maximum Gasteiger partial charge on any atom is 0.328 e. The molecule has 0 fully saturated rings. The molecule has 1 aromatic heterocycles. The van der Waals surface area contributed by atoms with Gasteiger partial charge in [-0.1, -0.05) is 13.8 Å². The van der Waals surface area contributed by atoms with Crippen molar-refractivity contribution < 1.29 is 4.79 Å². The number of nitrogens with zero attached hydrogens (tertiary/aromatic N) is 1. The number of hydrogen-bond donors (Lipinski definition) is 3. The third kappa shape index (κ3) is 4.65. The number of carbonyl (C=O) groups is 1. The molecule has 0 aliphatic rings. The van der Waals surface area contributed by atoms with Gasteiger partial charge < -0.3 is 11.1 Å². The topological polar surface area (TPSA) is 110 Å². The summed E-state index contributed by atoms with van der Waals surface area (Å²) in [5, 5.41) is 2.85. The SMILES string of the molecule is CC(C)CC(C)(CN)NC(=O)Cn1ccc(=O)[nH]c1=O. The van der Waals surface area contributed by atoms with Crippen molar-refractivity contribution in [3.63, 3.8) is 0 Å². The Morgan fingerprint density at radius 1 is 1.50 bits per heavy atom. The number of rotatable bonds is 6. The van der Waals surface area contributed by atoms with Crippen molar-refractivity contribution in [3.8, 4) is 0 Å². The van der Waals surface area contributed by atoms with Crippen LogP contribution >= 0.6 is 0 Å². The second-order valence-corrected chi connectivity index (χ2v) is 5.65. The Balaban J connectivity index is 2.76. The number of aromatic nitrogens is 2. The third-order valence-electron chi connectivity index (χ3n) is 2.96. The molecule has 0 bridgehead atoms. The van der Waals surface area contributed by atoms with Gasteiger partial charge in [-0.05, 0) is 19.3 Å². The first-order chi connectivity index (χ1) is 9.25. The third-order valence-corrected chi connectivity index (χ3v) is 2.96. The van der Waals surface area contributed by atoms with Gasteiger partial charge in [0.15, 0.2) is 0 Å². The maximum atomic E-state index is 12.0. The van der Waals surface area contributed by atoms with Gasteiger partial charge in [-0.3, -0.25) is 19.1 Å². The van der Waals surface area contributed by atoms with Gasteiger partial charge in [0.1, 0.15) is 6.54 Å². The number of amides is 1. The van der Waals surface area contributed by atoms with Crippen molar-refractivity contribution in [1.82, 2.24) is 14.9 Å². The van der Waals surface area contributed by atoms with Crippen molar-refractivity contribution in [2.75, 3.05) is 6.54 Å². The smallest absolute Gasteiger partial charge is 0.328 e. The van der Waals surface area contributed by atoms with E-state index in [4.69, 9.17) is 5.73 Å². The maximum absolute atomic E-state index is 12.0. The molecule has 0 spiro atoms. The zero-order valence-electron chi connectivity index (χ0n) is 12.1. The van der Waals surface area contributed by atoms with E-state index >= 15 is 0 Å². The molecule has 7 heteroatoms. The van der Waals surface area contributed by atoms with Crippen LogP contribution in [0.2, 0.25) is 0 Å². The van der Waals surface area contributed by atoms with Crippen molar-refractivity contribution in [2.45, 2.75) is 39.3 Å². The van der Waals surface area contributed by atoms with Crippen molar-refractivity contribution in [3.05, 3.63) is 33.1 Å². The average molecular weight is 282 g/mol. The molecule has 0 aliphatic heterocycles. The summed E-state index contributed by atoms with van der Waals surface area (Å²) in [6.45, 7) is 6.14. The van der Waals surface area contributed by atoms with Crippen LogP contribution in [-0.4, -0.2) is 27.5 Å². The van der Waals surface area contributed by atoms with Gasteiger partial charge in [0, 0.05) is 24.3 Å². The van der Waals surface area contributed by atoms with Crippen LogP contribution in [0, 0.1) is 5.92 Å². The Morgan fingerprint density at radius 2 is 2.15 bits per heavy atom. The molecule has 0 aromatic carbocycles. The lowest BCUT2D eigenvalue weighted by molar-refractivity contribution is -0.123. The second-order valence-electron chi connectivity index (χ2n) is 5.65. The summed E-state index contributed by atoms with van der Waals surface area (Å²) in [6, 6.07) is 1.20. The summed E-state index contributed by atoms with van der Waals surface area (Å²) in [5.74, 6) is 0.0763. The Morgan fingerprint density at radius 3 is 2.65 bits per heavy atom. The van der Waals surface area contributed by atoms with E-state index in [0.29, 0.717) is 12.5 Å². The quantitative estimate of drug-likeness (QED) is 0.648. The largest absolute Gasteiger partial charge is 0.348 e. The van der Waals surface area contributed by atoms with Crippen molar-refractivity contribution in [2.24, 2.45) is 11.7 Å². The summed E-state index contributed by atoms with van der Waals surface area (Å²) >= 11 is 0. The minimum Gasteiger partial charge on any atom is -0.348 e. The number of H-pyrrole nitrogens is 1. The summed E-state index contributed by atoms with van der Waals surface area (Å²) in [4.78, 5) is 36.5. The molecule has 0 radical (unpaired) electrons. The Labute approximate surface area is 117 Å². The number of nitrogens with two attached hydrogens (primary N) is 1. The van der Waals surface area contributed by atoms with Crippen LogP contribution in [0.3, 0.4) is 0 Å². The molecule has 1 aromatic rings. The van der Waals surface area contributed by atoms with Crippen LogP contribution in [0.1, 0.15) is 27.2 Å². The Hall–Kier alpha value is -1.89. The predicted molar refractivity (Wildman–Crippen MR) is 76.4 cm³/mol. The van der Waals surface area contributed by atoms with E-state index in [1.54, 1.807) is 0 Å². The molecule has 112 valence electrons. The molecule has 1 rings (SSSR count). The minimum absolute atomic E-state index is 0.150. The highest BCUT2D eigenvalue weighted by molar-refractivity contribution is 5.76. The first-order valence-corrected chi connectivity index (χ1v) is 6.56. The monoisotopic (exact) mass is 282 g/mol. The number of hydrogen-bond acceptors (Lipinski definition) is 4. The lowest BCUT2D eigenvalue weighted by Crippen LogP contribution is -2.53. The van der Waals surface area contributed by atoms with E-state index in [1.165, 1.54) is 12.3 Å². The zero-order chi connectivity index (χ0) is 15.3. The highest BCUT2D eigenvalue weighted by atomic mass is 16.2. The first kappa shape index (κ1) is 16.2. The van der Waals surface area contributed by atoms with E-state index in [-0.39, 0.29) is 12.5 Å². The molecule has 0 saturated heterocycles. The fourth-order valence-corrected chi connectivity index (χ4v) is 2.19. The standard InChI is InChI=1S/C13H22N4O3/c1-9(2)6-13(3,8-14)16-11(19)7-17-5-4-10(18)15-12(17)20/h4-5,9H,6-8,14H2,1-3H3,(H,16,19)(H,15,18,20). The minimum atomic E-state index is -0.606.